The third-order valence-corrected chi connectivity index (χ3v) is 3.84. The van der Waals surface area contributed by atoms with Gasteiger partial charge in [-0.25, -0.2) is 4.79 Å². The summed E-state index contributed by atoms with van der Waals surface area (Å²) in [7, 11) is 1.72. The first kappa shape index (κ1) is 18.8. The van der Waals surface area contributed by atoms with E-state index in [0.29, 0.717) is 11.4 Å². The van der Waals surface area contributed by atoms with Gasteiger partial charge in [0, 0.05) is 37.2 Å². The molecule has 0 saturated heterocycles. The third kappa shape index (κ3) is 4.61. The molecule has 28 heavy (non-hydrogen) atoms. The minimum atomic E-state index is -1.10. The summed E-state index contributed by atoms with van der Waals surface area (Å²) in [5.41, 5.74) is 1.31. The van der Waals surface area contributed by atoms with E-state index in [9.17, 15) is 14.4 Å². The van der Waals surface area contributed by atoms with Crippen molar-refractivity contribution in [3.63, 3.8) is 0 Å². The van der Waals surface area contributed by atoms with Gasteiger partial charge in [0.2, 0.25) is 5.91 Å². The number of aromatic nitrogens is 4. The van der Waals surface area contributed by atoms with Crippen LogP contribution in [0.15, 0.2) is 48.8 Å². The number of carbonyl (C=O) groups excluding carboxylic acids is 2. The van der Waals surface area contributed by atoms with Crippen molar-refractivity contribution in [3.8, 4) is 0 Å². The summed E-state index contributed by atoms with van der Waals surface area (Å²) < 4.78 is 2.78. The molecule has 0 radical (unpaired) electrons. The van der Waals surface area contributed by atoms with E-state index in [1.807, 2.05) is 0 Å². The number of hydrogen-bond acceptors (Lipinski definition) is 5. The van der Waals surface area contributed by atoms with Crippen molar-refractivity contribution in [2.24, 2.45) is 7.05 Å². The largest absolute Gasteiger partial charge is 0.477 e. The molecule has 0 bridgehead atoms. The maximum Gasteiger partial charge on any atom is 0.354 e. The van der Waals surface area contributed by atoms with Gasteiger partial charge in [-0.3, -0.25) is 19.0 Å². The van der Waals surface area contributed by atoms with Crippen LogP contribution in [-0.4, -0.2) is 42.5 Å². The van der Waals surface area contributed by atoms with Crippen molar-refractivity contribution < 1.29 is 19.5 Å². The molecule has 0 unspecified atom stereocenters. The number of benzene rings is 1. The average Bonchev–Trinajstić information content (AvgIpc) is 3.29. The van der Waals surface area contributed by atoms with E-state index in [1.165, 1.54) is 21.6 Å². The van der Waals surface area contributed by atoms with Gasteiger partial charge in [0.05, 0.1) is 6.54 Å². The lowest BCUT2D eigenvalue weighted by atomic mass is 10.2. The highest BCUT2D eigenvalue weighted by Gasteiger charge is 2.12. The second kappa shape index (κ2) is 8.16. The SMILES string of the molecule is Cn1ccc(C(=O)Nc2cccc(NC(=O)CCn3nccc3C(=O)O)c2)n1. The molecule has 0 fully saturated rings. The smallest absolute Gasteiger partial charge is 0.354 e. The number of rotatable bonds is 7. The molecule has 10 heteroatoms. The monoisotopic (exact) mass is 382 g/mol. The standard InChI is InChI=1S/C18H18N6O4/c1-23-9-6-14(22-23)17(26)21-13-4-2-3-12(11-13)20-16(25)7-10-24-15(18(27)28)5-8-19-24/h2-6,8-9,11H,7,10H2,1H3,(H,20,25)(H,21,26)(H,27,28). The molecule has 0 aliphatic carbocycles. The molecule has 0 saturated carbocycles. The van der Waals surface area contributed by atoms with Crippen LogP contribution >= 0.6 is 0 Å². The van der Waals surface area contributed by atoms with Crippen molar-refractivity contribution in [2.75, 3.05) is 10.6 Å². The van der Waals surface area contributed by atoms with Crippen LogP contribution in [0.25, 0.3) is 0 Å². The maximum absolute atomic E-state index is 12.1. The molecule has 2 aromatic heterocycles. The molecule has 2 heterocycles. The number of aromatic carboxylic acids is 1. The van der Waals surface area contributed by atoms with E-state index in [-0.39, 0.29) is 36.2 Å². The number of nitrogens with one attached hydrogen (secondary N) is 2. The fourth-order valence-corrected chi connectivity index (χ4v) is 2.53. The minimum Gasteiger partial charge on any atom is -0.477 e. The first-order valence-electron chi connectivity index (χ1n) is 8.38. The van der Waals surface area contributed by atoms with Gasteiger partial charge >= 0.3 is 5.97 Å². The predicted octanol–water partition coefficient (Wildman–Crippen LogP) is 1.60. The summed E-state index contributed by atoms with van der Waals surface area (Å²) in [6, 6.07) is 9.66. The van der Waals surface area contributed by atoms with Gasteiger partial charge in [-0.1, -0.05) is 6.07 Å². The van der Waals surface area contributed by atoms with Crippen LogP contribution in [0.2, 0.25) is 0 Å². The molecular weight excluding hydrogens is 364 g/mol. The van der Waals surface area contributed by atoms with Crippen LogP contribution in [0, 0.1) is 0 Å². The Morgan fingerprint density at radius 2 is 1.86 bits per heavy atom. The van der Waals surface area contributed by atoms with Gasteiger partial charge in [0.25, 0.3) is 5.91 Å². The molecular formula is C18H18N6O4. The summed E-state index contributed by atoms with van der Waals surface area (Å²) in [5.74, 6) is -1.77. The number of anilines is 2. The Balaban J connectivity index is 1.57. The first-order chi connectivity index (χ1) is 13.4. The second-order valence-electron chi connectivity index (χ2n) is 5.95. The van der Waals surface area contributed by atoms with E-state index in [0.717, 1.165) is 0 Å². The Labute approximate surface area is 159 Å². The fraction of sp³-hybridized carbons (Fsp3) is 0.167. The Morgan fingerprint density at radius 1 is 1.11 bits per heavy atom. The molecule has 3 rings (SSSR count). The van der Waals surface area contributed by atoms with E-state index in [2.05, 4.69) is 20.8 Å². The summed E-state index contributed by atoms with van der Waals surface area (Å²) in [5, 5.41) is 22.4. The van der Waals surface area contributed by atoms with Crippen LogP contribution < -0.4 is 10.6 Å². The summed E-state index contributed by atoms with van der Waals surface area (Å²) in [6.07, 6.45) is 3.09. The van der Waals surface area contributed by atoms with Crippen molar-refractivity contribution in [1.82, 2.24) is 19.6 Å². The zero-order valence-electron chi connectivity index (χ0n) is 15.0. The van der Waals surface area contributed by atoms with Crippen LogP contribution in [0.5, 0.6) is 0 Å². The molecule has 10 nitrogen and oxygen atoms in total. The van der Waals surface area contributed by atoms with Gasteiger partial charge in [0.15, 0.2) is 5.69 Å². The number of hydrogen-bond donors (Lipinski definition) is 3. The lowest BCUT2D eigenvalue weighted by Crippen LogP contribution is -2.18. The van der Waals surface area contributed by atoms with Crippen molar-refractivity contribution >= 4 is 29.2 Å². The van der Waals surface area contributed by atoms with Crippen LogP contribution in [0.4, 0.5) is 11.4 Å². The number of nitrogens with zero attached hydrogens (tertiary/aromatic N) is 4. The topological polar surface area (TPSA) is 131 Å². The van der Waals surface area contributed by atoms with Crippen LogP contribution in [0.1, 0.15) is 27.4 Å². The molecule has 0 spiro atoms. The van der Waals surface area contributed by atoms with E-state index >= 15 is 0 Å². The molecule has 0 aliphatic heterocycles. The third-order valence-electron chi connectivity index (χ3n) is 3.84. The highest BCUT2D eigenvalue weighted by atomic mass is 16.4. The lowest BCUT2D eigenvalue weighted by Gasteiger charge is -2.09. The zero-order valence-corrected chi connectivity index (χ0v) is 15.0. The Bertz CT molecular complexity index is 1020. The summed E-state index contributed by atoms with van der Waals surface area (Å²) in [6.45, 7) is 0.135. The van der Waals surface area contributed by atoms with Gasteiger partial charge < -0.3 is 15.7 Å². The minimum absolute atomic E-state index is 0.0204. The summed E-state index contributed by atoms with van der Waals surface area (Å²) >= 11 is 0. The number of carboxylic acid groups (broad SMARTS) is 1. The summed E-state index contributed by atoms with van der Waals surface area (Å²) in [4.78, 5) is 35.3. The van der Waals surface area contributed by atoms with Crippen LogP contribution in [-0.2, 0) is 18.4 Å². The second-order valence-corrected chi connectivity index (χ2v) is 5.95. The maximum atomic E-state index is 12.1. The highest BCUT2D eigenvalue weighted by Crippen LogP contribution is 2.16. The highest BCUT2D eigenvalue weighted by molar-refractivity contribution is 6.03. The van der Waals surface area contributed by atoms with Gasteiger partial charge in [0.1, 0.15) is 5.69 Å². The van der Waals surface area contributed by atoms with Gasteiger partial charge in [-0.2, -0.15) is 10.2 Å². The molecule has 1 aromatic carbocycles. The van der Waals surface area contributed by atoms with Gasteiger partial charge in [-0.05, 0) is 30.3 Å². The quantitative estimate of drug-likeness (QED) is 0.569. The van der Waals surface area contributed by atoms with E-state index in [4.69, 9.17) is 5.11 Å². The van der Waals surface area contributed by atoms with E-state index < -0.39 is 5.97 Å². The normalized spacial score (nSPS) is 10.5. The molecule has 2 amide bonds. The molecule has 3 N–H and O–H groups in total. The van der Waals surface area contributed by atoms with Crippen LogP contribution in [0.3, 0.4) is 0 Å². The Hall–Kier alpha value is -3.95. The number of carboxylic acids is 1. The molecule has 3 aromatic rings. The van der Waals surface area contributed by atoms with Crippen molar-refractivity contribution in [1.29, 1.82) is 0 Å². The van der Waals surface area contributed by atoms with Crippen molar-refractivity contribution in [2.45, 2.75) is 13.0 Å². The van der Waals surface area contributed by atoms with E-state index in [1.54, 1.807) is 43.6 Å². The lowest BCUT2D eigenvalue weighted by molar-refractivity contribution is -0.116. The first-order valence-corrected chi connectivity index (χ1v) is 8.38. The van der Waals surface area contributed by atoms with Gasteiger partial charge in [-0.15, -0.1) is 0 Å². The number of amides is 2. The average molecular weight is 382 g/mol. The Morgan fingerprint density at radius 3 is 2.54 bits per heavy atom. The molecule has 144 valence electrons. The van der Waals surface area contributed by atoms with Crippen molar-refractivity contribution in [3.05, 3.63) is 60.2 Å². The Kier molecular flexibility index (Phi) is 5.49. The number of carbonyl (C=O) groups is 3. The molecule has 0 aliphatic rings. The predicted molar refractivity (Wildman–Crippen MR) is 100 cm³/mol. The zero-order chi connectivity index (χ0) is 20.1. The number of aryl methyl sites for hydroxylation is 2. The molecule has 0 atom stereocenters. The fourth-order valence-electron chi connectivity index (χ4n) is 2.53.